The first-order valence-corrected chi connectivity index (χ1v) is 7.25. The second kappa shape index (κ2) is 6.64. The summed E-state index contributed by atoms with van der Waals surface area (Å²) >= 11 is 0. The number of hydrogen-bond donors (Lipinski definition) is 0. The third kappa shape index (κ3) is 4.45. The normalized spacial score (nSPS) is 23.6. The first kappa shape index (κ1) is 14.0. The summed E-state index contributed by atoms with van der Waals surface area (Å²) < 4.78 is 0. The van der Waals surface area contributed by atoms with E-state index in [1.807, 2.05) is 0 Å². The fraction of sp³-hybridized carbons (Fsp3) is 1.00. The summed E-state index contributed by atoms with van der Waals surface area (Å²) in [7, 11) is 2.28. The molecule has 1 rings (SSSR count). The minimum Gasteiger partial charge on any atom is -0.306 e. The smallest absolute Gasteiger partial charge is 0.00117 e. The number of likely N-dealkylation sites (tertiary alicyclic amines) is 1. The Morgan fingerprint density at radius 1 is 1.19 bits per heavy atom. The lowest BCUT2D eigenvalue weighted by Gasteiger charge is -2.40. The van der Waals surface area contributed by atoms with E-state index in [0.29, 0.717) is 5.41 Å². The van der Waals surface area contributed by atoms with Crippen molar-refractivity contribution in [1.29, 1.82) is 0 Å². The molecule has 0 amide bonds. The number of hydrogen-bond acceptors (Lipinski definition) is 1. The van der Waals surface area contributed by atoms with Crippen molar-refractivity contribution < 1.29 is 0 Å². The summed E-state index contributed by atoms with van der Waals surface area (Å²) in [6.07, 6.45) is 9.91. The lowest BCUT2D eigenvalue weighted by atomic mass is 9.71. The summed E-state index contributed by atoms with van der Waals surface area (Å²) in [5.74, 6) is 0.924. The second-order valence-electron chi connectivity index (χ2n) is 6.40. The summed E-state index contributed by atoms with van der Waals surface area (Å²) in [4.78, 5) is 2.52. The Morgan fingerprint density at radius 3 is 2.56 bits per heavy atom. The van der Waals surface area contributed by atoms with Crippen molar-refractivity contribution in [3.8, 4) is 0 Å². The van der Waals surface area contributed by atoms with Gasteiger partial charge < -0.3 is 4.90 Å². The van der Waals surface area contributed by atoms with Gasteiger partial charge >= 0.3 is 0 Å². The molecule has 0 aromatic heterocycles. The van der Waals surface area contributed by atoms with Gasteiger partial charge in [-0.1, -0.05) is 46.5 Å². The summed E-state index contributed by atoms with van der Waals surface area (Å²) in [6, 6.07) is 0. The number of piperidine rings is 1. The van der Waals surface area contributed by atoms with E-state index in [2.05, 4.69) is 32.7 Å². The van der Waals surface area contributed by atoms with E-state index < -0.39 is 0 Å². The molecule has 0 N–H and O–H groups in total. The molecule has 0 aromatic carbocycles. The van der Waals surface area contributed by atoms with E-state index in [4.69, 9.17) is 0 Å². The maximum atomic E-state index is 2.52. The third-order valence-electron chi connectivity index (χ3n) is 4.40. The van der Waals surface area contributed by atoms with Gasteiger partial charge in [0, 0.05) is 6.54 Å². The highest BCUT2D eigenvalue weighted by molar-refractivity contribution is 4.83. The standard InChI is InChI=1S/C15H31N/c1-5-6-7-8-11-15(2,3)14-10-9-12-16(4)13-14/h14H,5-13H2,1-4H3. The zero-order valence-electron chi connectivity index (χ0n) is 11.9. The Labute approximate surface area is 103 Å². The minimum atomic E-state index is 0.558. The average Bonchev–Trinajstić information content (AvgIpc) is 2.24. The van der Waals surface area contributed by atoms with Gasteiger partial charge in [0.15, 0.2) is 0 Å². The van der Waals surface area contributed by atoms with Crippen molar-refractivity contribution in [2.45, 2.75) is 65.7 Å². The van der Waals surface area contributed by atoms with E-state index in [-0.39, 0.29) is 0 Å². The van der Waals surface area contributed by atoms with Crippen LogP contribution in [0.2, 0.25) is 0 Å². The van der Waals surface area contributed by atoms with E-state index in [1.165, 1.54) is 58.0 Å². The fourth-order valence-electron chi connectivity index (χ4n) is 3.02. The van der Waals surface area contributed by atoms with Crippen LogP contribution < -0.4 is 0 Å². The molecule has 1 nitrogen and oxygen atoms in total. The summed E-state index contributed by atoms with van der Waals surface area (Å²) in [5.41, 5.74) is 0.558. The maximum absolute atomic E-state index is 2.52. The highest BCUT2D eigenvalue weighted by Gasteiger charge is 2.31. The first-order valence-electron chi connectivity index (χ1n) is 7.25. The molecule has 1 atom stereocenters. The molecule has 0 aliphatic carbocycles. The Morgan fingerprint density at radius 2 is 1.94 bits per heavy atom. The van der Waals surface area contributed by atoms with Gasteiger partial charge in [-0.3, -0.25) is 0 Å². The molecule has 1 aliphatic heterocycles. The zero-order chi connectivity index (χ0) is 12.0. The van der Waals surface area contributed by atoms with Crippen LogP contribution in [0.5, 0.6) is 0 Å². The lowest BCUT2D eigenvalue weighted by molar-refractivity contribution is 0.0943. The predicted octanol–water partition coefficient (Wildman–Crippen LogP) is 4.32. The number of rotatable bonds is 6. The van der Waals surface area contributed by atoms with E-state index >= 15 is 0 Å². The molecule has 1 heteroatoms. The van der Waals surface area contributed by atoms with Crippen molar-refractivity contribution in [3.05, 3.63) is 0 Å². The Bertz CT molecular complexity index is 186. The Balaban J connectivity index is 2.30. The molecule has 0 bridgehead atoms. The van der Waals surface area contributed by atoms with Crippen LogP contribution in [0.25, 0.3) is 0 Å². The molecular formula is C15H31N. The number of unbranched alkanes of at least 4 members (excludes halogenated alkanes) is 3. The summed E-state index contributed by atoms with van der Waals surface area (Å²) in [6.45, 7) is 9.90. The largest absolute Gasteiger partial charge is 0.306 e. The van der Waals surface area contributed by atoms with Crippen molar-refractivity contribution >= 4 is 0 Å². The van der Waals surface area contributed by atoms with Crippen LogP contribution in [0.15, 0.2) is 0 Å². The van der Waals surface area contributed by atoms with Gasteiger partial charge in [-0.15, -0.1) is 0 Å². The molecule has 1 aliphatic rings. The minimum absolute atomic E-state index is 0.558. The van der Waals surface area contributed by atoms with Crippen molar-refractivity contribution in [1.82, 2.24) is 4.90 Å². The highest BCUT2D eigenvalue weighted by Crippen LogP contribution is 2.37. The Kier molecular flexibility index (Phi) is 5.82. The van der Waals surface area contributed by atoms with Crippen molar-refractivity contribution in [2.75, 3.05) is 20.1 Å². The molecule has 0 aromatic rings. The van der Waals surface area contributed by atoms with Crippen LogP contribution in [0.3, 0.4) is 0 Å². The van der Waals surface area contributed by atoms with Gasteiger partial charge in [-0.2, -0.15) is 0 Å². The van der Waals surface area contributed by atoms with Crippen LogP contribution >= 0.6 is 0 Å². The molecule has 96 valence electrons. The molecule has 16 heavy (non-hydrogen) atoms. The molecule has 0 saturated carbocycles. The van der Waals surface area contributed by atoms with E-state index in [1.54, 1.807) is 0 Å². The molecule has 1 saturated heterocycles. The average molecular weight is 225 g/mol. The maximum Gasteiger partial charge on any atom is 0.00117 e. The van der Waals surface area contributed by atoms with Crippen LogP contribution in [-0.4, -0.2) is 25.0 Å². The van der Waals surface area contributed by atoms with Crippen molar-refractivity contribution in [2.24, 2.45) is 11.3 Å². The summed E-state index contributed by atoms with van der Waals surface area (Å²) in [5, 5.41) is 0. The van der Waals surface area contributed by atoms with Gasteiger partial charge in [-0.25, -0.2) is 0 Å². The molecule has 0 radical (unpaired) electrons. The van der Waals surface area contributed by atoms with Crippen LogP contribution in [-0.2, 0) is 0 Å². The topological polar surface area (TPSA) is 3.24 Å². The first-order chi connectivity index (χ1) is 7.56. The zero-order valence-corrected chi connectivity index (χ0v) is 11.9. The van der Waals surface area contributed by atoms with Crippen LogP contribution in [0.4, 0.5) is 0 Å². The third-order valence-corrected chi connectivity index (χ3v) is 4.40. The molecule has 1 unspecified atom stereocenters. The van der Waals surface area contributed by atoms with Crippen LogP contribution in [0, 0.1) is 11.3 Å². The van der Waals surface area contributed by atoms with Gasteiger partial charge in [0.2, 0.25) is 0 Å². The molecular weight excluding hydrogens is 194 g/mol. The molecule has 1 fully saturated rings. The SMILES string of the molecule is CCCCCCC(C)(C)C1CCCN(C)C1. The lowest BCUT2D eigenvalue weighted by Crippen LogP contribution is -2.39. The van der Waals surface area contributed by atoms with Gasteiger partial charge in [0.05, 0.1) is 0 Å². The van der Waals surface area contributed by atoms with Crippen molar-refractivity contribution in [3.63, 3.8) is 0 Å². The fourth-order valence-corrected chi connectivity index (χ4v) is 3.02. The van der Waals surface area contributed by atoms with Gasteiger partial charge in [0.1, 0.15) is 0 Å². The second-order valence-corrected chi connectivity index (χ2v) is 6.40. The van der Waals surface area contributed by atoms with Crippen LogP contribution in [0.1, 0.15) is 65.7 Å². The Hall–Kier alpha value is -0.0400. The molecule has 0 spiro atoms. The monoisotopic (exact) mass is 225 g/mol. The molecule has 1 heterocycles. The predicted molar refractivity (Wildman–Crippen MR) is 72.8 cm³/mol. The number of nitrogens with zero attached hydrogens (tertiary/aromatic N) is 1. The van der Waals surface area contributed by atoms with E-state index in [9.17, 15) is 0 Å². The van der Waals surface area contributed by atoms with Gasteiger partial charge in [0.25, 0.3) is 0 Å². The van der Waals surface area contributed by atoms with E-state index in [0.717, 1.165) is 5.92 Å². The van der Waals surface area contributed by atoms with Gasteiger partial charge in [-0.05, 0) is 44.2 Å². The quantitative estimate of drug-likeness (QED) is 0.608. The highest BCUT2D eigenvalue weighted by atomic mass is 15.1.